The fourth-order valence-electron chi connectivity index (χ4n) is 4.13. The molecule has 1 amide bonds. The number of Topliss-reactive ketones (excluding diaryl/α,β-unsaturated/α-hetero) is 1. The fraction of sp³-hybridized carbons (Fsp3) is 0.214. The van der Waals surface area contributed by atoms with E-state index >= 15 is 0 Å². The van der Waals surface area contributed by atoms with Crippen molar-refractivity contribution in [3.05, 3.63) is 89.3 Å². The molecule has 2 aromatic carbocycles. The molecule has 190 valence electrons. The van der Waals surface area contributed by atoms with Crippen LogP contribution in [0.15, 0.2) is 72.6 Å². The number of anilines is 1. The van der Waals surface area contributed by atoms with Crippen molar-refractivity contribution < 1.29 is 33.7 Å². The molecule has 9 heteroatoms. The first-order chi connectivity index (χ1) is 17.9. The van der Waals surface area contributed by atoms with Crippen molar-refractivity contribution in [2.45, 2.75) is 19.4 Å². The number of hydrogen-bond acceptors (Lipinski definition) is 8. The van der Waals surface area contributed by atoms with Crippen LogP contribution < -0.4 is 14.4 Å². The van der Waals surface area contributed by atoms with E-state index in [0.717, 1.165) is 0 Å². The van der Waals surface area contributed by atoms with Crippen LogP contribution in [-0.4, -0.2) is 48.6 Å². The van der Waals surface area contributed by atoms with Crippen LogP contribution in [-0.2, 0) is 14.3 Å². The Bertz CT molecular complexity index is 1350. The number of carbonyl (C=O) groups excluding carboxylic acids is 3. The second-order valence-corrected chi connectivity index (χ2v) is 8.20. The number of aliphatic hydroxyl groups excluding tert-OH is 1. The average Bonchev–Trinajstić information content (AvgIpc) is 3.21. The molecule has 0 aliphatic carbocycles. The quantitative estimate of drug-likeness (QED) is 0.210. The molecule has 1 fully saturated rings. The maximum atomic E-state index is 13.3. The van der Waals surface area contributed by atoms with Crippen LogP contribution >= 0.6 is 0 Å². The lowest BCUT2D eigenvalue weighted by atomic mass is 9.95. The minimum absolute atomic E-state index is 0.118. The van der Waals surface area contributed by atoms with Gasteiger partial charge < -0.3 is 19.3 Å². The van der Waals surface area contributed by atoms with Crippen LogP contribution in [0.3, 0.4) is 0 Å². The Balaban J connectivity index is 1.84. The number of ether oxygens (including phenoxy) is 3. The Labute approximate surface area is 213 Å². The van der Waals surface area contributed by atoms with Crippen molar-refractivity contribution in [2.75, 3.05) is 25.7 Å². The highest BCUT2D eigenvalue weighted by molar-refractivity contribution is 6.51. The molecule has 0 spiro atoms. The van der Waals surface area contributed by atoms with Gasteiger partial charge in [-0.25, -0.2) is 4.79 Å². The summed E-state index contributed by atoms with van der Waals surface area (Å²) in [4.78, 5) is 44.3. The summed E-state index contributed by atoms with van der Waals surface area (Å²) < 4.78 is 15.8. The molecule has 3 aromatic rings. The van der Waals surface area contributed by atoms with E-state index in [9.17, 15) is 19.5 Å². The third kappa shape index (κ3) is 4.88. The molecule has 0 saturated carbocycles. The number of esters is 1. The van der Waals surface area contributed by atoms with E-state index in [4.69, 9.17) is 14.2 Å². The molecular formula is C28H26N2O7. The maximum Gasteiger partial charge on any atom is 0.338 e. The van der Waals surface area contributed by atoms with Gasteiger partial charge in [0, 0.05) is 24.1 Å². The predicted molar refractivity (Wildman–Crippen MR) is 136 cm³/mol. The van der Waals surface area contributed by atoms with Crippen molar-refractivity contribution in [1.29, 1.82) is 0 Å². The summed E-state index contributed by atoms with van der Waals surface area (Å²) in [6.07, 6.45) is 3.79. The van der Waals surface area contributed by atoms with E-state index in [1.54, 1.807) is 48.7 Å². The molecule has 2 heterocycles. The Kier molecular flexibility index (Phi) is 7.52. The predicted octanol–water partition coefficient (Wildman–Crippen LogP) is 4.29. The summed E-state index contributed by atoms with van der Waals surface area (Å²) in [7, 11) is 2.92. The number of amides is 1. The number of pyridine rings is 1. The lowest BCUT2D eigenvalue weighted by molar-refractivity contribution is -0.132. The second kappa shape index (κ2) is 10.9. The molecule has 1 atom stereocenters. The van der Waals surface area contributed by atoms with Gasteiger partial charge in [0.25, 0.3) is 11.7 Å². The Morgan fingerprint density at radius 1 is 1.05 bits per heavy atom. The topological polar surface area (TPSA) is 115 Å². The summed E-state index contributed by atoms with van der Waals surface area (Å²) >= 11 is 0. The monoisotopic (exact) mass is 502 g/mol. The number of carbonyl (C=O) groups is 3. The van der Waals surface area contributed by atoms with Crippen LogP contribution in [0.5, 0.6) is 11.5 Å². The van der Waals surface area contributed by atoms with E-state index in [1.807, 2.05) is 6.92 Å². The Morgan fingerprint density at radius 2 is 1.81 bits per heavy atom. The lowest BCUT2D eigenvalue weighted by Gasteiger charge is -2.25. The lowest BCUT2D eigenvalue weighted by Crippen LogP contribution is -2.29. The zero-order valence-corrected chi connectivity index (χ0v) is 20.6. The Morgan fingerprint density at radius 3 is 2.43 bits per heavy atom. The molecule has 9 nitrogen and oxygen atoms in total. The minimum Gasteiger partial charge on any atom is -0.507 e. The number of nitrogens with zero attached hydrogens (tertiary/aromatic N) is 2. The number of rotatable bonds is 8. The smallest absolute Gasteiger partial charge is 0.338 e. The van der Waals surface area contributed by atoms with Crippen molar-refractivity contribution in [1.82, 2.24) is 4.98 Å². The number of ketones is 1. The van der Waals surface area contributed by atoms with E-state index in [1.165, 1.54) is 37.4 Å². The molecule has 4 rings (SSSR count). The number of aliphatic hydroxyl groups is 1. The van der Waals surface area contributed by atoms with Gasteiger partial charge in [-0.3, -0.25) is 19.5 Å². The summed E-state index contributed by atoms with van der Waals surface area (Å²) in [5.41, 5.74) is 1.30. The third-order valence-corrected chi connectivity index (χ3v) is 5.93. The van der Waals surface area contributed by atoms with Crippen LogP contribution in [0.25, 0.3) is 5.76 Å². The summed E-state index contributed by atoms with van der Waals surface area (Å²) in [6.45, 7) is 2.19. The van der Waals surface area contributed by atoms with E-state index in [-0.39, 0.29) is 16.9 Å². The van der Waals surface area contributed by atoms with Gasteiger partial charge >= 0.3 is 5.97 Å². The summed E-state index contributed by atoms with van der Waals surface area (Å²) in [6, 6.07) is 13.3. The zero-order valence-electron chi connectivity index (χ0n) is 20.6. The normalized spacial score (nSPS) is 16.5. The van der Waals surface area contributed by atoms with Gasteiger partial charge in [-0.15, -0.1) is 0 Å². The van der Waals surface area contributed by atoms with Gasteiger partial charge in [0.1, 0.15) is 17.3 Å². The molecule has 0 radical (unpaired) electrons. The molecule has 1 aliphatic heterocycles. The molecule has 1 saturated heterocycles. The molecule has 1 unspecified atom stereocenters. The van der Waals surface area contributed by atoms with Crippen LogP contribution in [0, 0.1) is 0 Å². The number of benzene rings is 2. The highest BCUT2D eigenvalue weighted by Gasteiger charge is 2.47. The highest BCUT2D eigenvalue weighted by atomic mass is 16.5. The van der Waals surface area contributed by atoms with E-state index in [0.29, 0.717) is 35.6 Å². The van der Waals surface area contributed by atoms with Gasteiger partial charge in [-0.1, -0.05) is 13.0 Å². The zero-order chi connectivity index (χ0) is 26.5. The standard InChI is InChI=1S/C28H26N2O7/c1-4-14-37-28(34)17-7-9-19(10-8-17)30-24(18-6-5-13-29-16-18)23(26(32)27(30)33)25(31)21-12-11-20(35-2)15-22(21)36-3/h5-13,15-16,24,31H,4,14H2,1-3H3/b25-23-. The van der Waals surface area contributed by atoms with Crippen molar-refractivity contribution in [3.8, 4) is 11.5 Å². The van der Waals surface area contributed by atoms with Gasteiger partial charge in [0.15, 0.2) is 0 Å². The average molecular weight is 503 g/mol. The second-order valence-electron chi connectivity index (χ2n) is 8.20. The van der Waals surface area contributed by atoms with Gasteiger partial charge in [-0.2, -0.15) is 0 Å². The first kappa shape index (κ1) is 25.4. The fourth-order valence-corrected chi connectivity index (χ4v) is 4.13. The largest absolute Gasteiger partial charge is 0.507 e. The summed E-state index contributed by atoms with van der Waals surface area (Å²) in [5, 5.41) is 11.4. The number of aromatic nitrogens is 1. The number of hydrogen-bond donors (Lipinski definition) is 1. The molecule has 0 bridgehead atoms. The van der Waals surface area contributed by atoms with Gasteiger partial charge in [-0.05, 0) is 54.4 Å². The first-order valence-corrected chi connectivity index (χ1v) is 11.6. The molecular weight excluding hydrogens is 476 g/mol. The van der Waals surface area contributed by atoms with E-state index in [2.05, 4.69) is 4.98 Å². The molecule has 37 heavy (non-hydrogen) atoms. The molecule has 1 aromatic heterocycles. The van der Waals surface area contributed by atoms with Gasteiger partial charge in [0.2, 0.25) is 0 Å². The molecule has 1 aliphatic rings. The first-order valence-electron chi connectivity index (χ1n) is 11.6. The maximum absolute atomic E-state index is 13.3. The van der Waals surface area contributed by atoms with Crippen molar-refractivity contribution in [3.63, 3.8) is 0 Å². The Hall–Kier alpha value is -4.66. The van der Waals surface area contributed by atoms with Crippen LogP contribution in [0.1, 0.15) is 40.9 Å². The highest BCUT2D eigenvalue weighted by Crippen LogP contribution is 2.43. The number of methoxy groups -OCH3 is 2. The van der Waals surface area contributed by atoms with E-state index < -0.39 is 29.5 Å². The summed E-state index contributed by atoms with van der Waals surface area (Å²) in [5.74, 6) is -1.81. The SMILES string of the molecule is CCCOC(=O)c1ccc(N2C(=O)C(=O)/C(=C(\O)c3ccc(OC)cc3OC)C2c2cccnc2)cc1. The van der Waals surface area contributed by atoms with Crippen LogP contribution in [0.2, 0.25) is 0 Å². The third-order valence-electron chi connectivity index (χ3n) is 5.93. The van der Waals surface area contributed by atoms with Crippen molar-refractivity contribution in [2.24, 2.45) is 0 Å². The van der Waals surface area contributed by atoms with Crippen molar-refractivity contribution >= 4 is 29.1 Å². The molecule has 1 N–H and O–H groups in total. The van der Waals surface area contributed by atoms with Crippen LogP contribution in [0.4, 0.5) is 5.69 Å². The minimum atomic E-state index is -0.974. The van der Waals surface area contributed by atoms with Gasteiger partial charge in [0.05, 0.1) is 43.6 Å².